The minimum atomic E-state index is 0.534. The molecule has 7 heteroatoms. The van der Waals surface area contributed by atoms with Gasteiger partial charge in [-0.05, 0) is 53.6 Å². The molecule has 53 heavy (non-hydrogen) atoms. The van der Waals surface area contributed by atoms with Gasteiger partial charge < -0.3 is 13.3 Å². The summed E-state index contributed by atoms with van der Waals surface area (Å²) in [6.45, 7) is 0. The number of rotatable bonds is 5. The van der Waals surface area contributed by atoms with Crippen LogP contribution in [0.1, 0.15) is 0 Å². The minimum absolute atomic E-state index is 0.534. The van der Waals surface area contributed by atoms with Gasteiger partial charge in [0.25, 0.3) is 0 Å². The van der Waals surface area contributed by atoms with Crippen molar-refractivity contribution in [1.29, 1.82) is 0 Å². The lowest BCUT2D eigenvalue weighted by Gasteiger charge is -2.09. The second-order valence-corrected chi connectivity index (χ2v) is 13.0. The molecule has 7 nitrogen and oxygen atoms in total. The number of oxazole rings is 1. The Labute approximate surface area is 301 Å². The molecule has 0 aliphatic heterocycles. The molecule has 11 rings (SSSR count). The van der Waals surface area contributed by atoms with E-state index in [-0.39, 0.29) is 0 Å². The van der Waals surface area contributed by atoms with E-state index in [1.165, 1.54) is 0 Å². The quantitative estimate of drug-likeness (QED) is 0.178. The van der Waals surface area contributed by atoms with Gasteiger partial charge in [-0.25, -0.2) is 19.9 Å². The molecule has 0 radical (unpaired) electrons. The van der Waals surface area contributed by atoms with E-state index < -0.39 is 0 Å². The van der Waals surface area contributed by atoms with Crippen molar-refractivity contribution in [3.63, 3.8) is 0 Å². The summed E-state index contributed by atoms with van der Waals surface area (Å²) in [5.41, 5.74) is 10.1. The van der Waals surface area contributed by atoms with E-state index in [0.29, 0.717) is 40.1 Å². The van der Waals surface area contributed by atoms with Crippen molar-refractivity contribution >= 4 is 55.0 Å². The molecule has 0 unspecified atom stereocenters. The normalized spacial score (nSPS) is 11.8. The van der Waals surface area contributed by atoms with Gasteiger partial charge in [0.1, 0.15) is 27.8 Å². The maximum Gasteiger partial charge on any atom is 0.227 e. The fourth-order valence-corrected chi connectivity index (χ4v) is 7.20. The summed E-state index contributed by atoms with van der Waals surface area (Å²) < 4.78 is 19.0. The predicted octanol–water partition coefficient (Wildman–Crippen LogP) is 12.1. The van der Waals surface area contributed by atoms with Gasteiger partial charge in [-0.2, -0.15) is 0 Å². The van der Waals surface area contributed by atoms with E-state index in [1.807, 2.05) is 121 Å². The molecular weight excluding hydrogens is 657 g/mol. The van der Waals surface area contributed by atoms with Crippen LogP contribution in [-0.2, 0) is 0 Å². The molecule has 0 fully saturated rings. The van der Waals surface area contributed by atoms with Crippen LogP contribution >= 0.6 is 0 Å². The molecule has 0 saturated carbocycles. The second-order valence-electron chi connectivity index (χ2n) is 13.0. The number of aromatic nitrogens is 4. The smallest absolute Gasteiger partial charge is 0.227 e. The number of nitrogens with zero attached hydrogens (tertiary/aromatic N) is 4. The average Bonchev–Trinajstić information content (AvgIpc) is 3.93. The highest BCUT2D eigenvalue weighted by atomic mass is 16.4. The van der Waals surface area contributed by atoms with Crippen LogP contribution in [0.15, 0.2) is 171 Å². The Hall–Kier alpha value is -7.38. The average molecular weight is 683 g/mol. The first-order valence-corrected chi connectivity index (χ1v) is 17.4. The zero-order chi connectivity index (χ0) is 34.9. The van der Waals surface area contributed by atoms with Gasteiger partial charge in [-0.3, -0.25) is 0 Å². The molecule has 248 valence electrons. The molecule has 4 heterocycles. The third-order valence-electron chi connectivity index (χ3n) is 9.79. The molecule has 0 bridgehead atoms. The Bertz CT molecular complexity index is 3160. The van der Waals surface area contributed by atoms with Gasteiger partial charge in [-0.15, -0.1) is 0 Å². The van der Waals surface area contributed by atoms with Crippen molar-refractivity contribution in [2.45, 2.75) is 0 Å². The molecule has 0 atom stereocenters. The largest absolute Gasteiger partial charge is 0.456 e. The van der Waals surface area contributed by atoms with Gasteiger partial charge >= 0.3 is 0 Å². The zero-order valence-corrected chi connectivity index (χ0v) is 28.0. The third-order valence-corrected chi connectivity index (χ3v) is 9.79. The van der Waals surface area contributed by atoms with Crippen LogP contribution in [0.3, 0.4) is 0 Å². The molecule has 0 aliphatic rings. The summed E-state index contributed by atoms with van der Waals surface area (Å²) in [4.78, 5) is 20.0. The number of fused-ring (bicyclic) bond motifs is 7. The Morgan fingerprint density at radius 2 is 0.925 bits per heavy atom. The topological polar surface area (TPSA) is 91.0 Å². The third kappa shape index (κ3) is 4.90. The van der Waals surface area contributed by atoms with E-state index in [9.17, 15) is 0 Å². The maximum atomic E-state index is 6.44. The van der Waals surface area contributed by atoms with Crippen LogP contribution in [0.25, 0.3) is 112 Å². The summed E-state index contributed by atoms with van der Waals surface area (Å²) >= 11 is 0. The Kier molecular flexibility index (Phi) is 6.42. The highest BCUT2D eigenvalue weighted by Gasteiger charge is 2.20. The maximum absolute atomic E-state index is 6.44. The predicted molar refractivity (Wildman–Crippen MR) is 209 cm³/mol. The van der Waals surface area contributed by atoms with Crippen molar-refractivity contribution in [3.05, 3.63) is 158 Å². The molecule has 0 aliphatic carbocycles. The summed E-state index contributed by atoms with van der Waals surface area (Å²) in [6.07, 6.45) is 0. The second kappa shape index (κ2) is 11.6. The monoisotopic (exact) mass is 682 g/mol. The summed E-state index contributed by atoms with van der Waals surface area (Å²) in [5.74, 6) is 2.20. The van der Waals surface area contributed by atoms with E-state index in [1.54, 1.807) is 0 Å². The molecule has 0 saturated heterocycles. The summed E-state index contributed by atoms with van der Waals surface area (Å²) in [6, 6.07) is 52.6. The molecule has 7 aromatic carbocycles. The first kappa shape index (κ1) is 29.4. The number of benzene rings is 7. The molecular formula is C46H26N4O3. The van der Waals surface area contributed by atoms with Crippen LogP contribution in [0, 0.1) is 0 Å². The SMILES string of the molecule is c1ccc(-c2ccc(-c3nc4cc5c(cc4o3)oc3cccc(-c4nc(-c6ccccc6)nc(-c6ccc7c(c6)oc6ccccc67)n4)c35)cc2)cc1. The van der Waals surface area contributed by atoms with Gasteiger partial charge in [0.2, 0.25) is 5.89 Å². The fraction of sp³-hybridized carbons (Fsp3) is 0. The van der Waals surface area contributed by atoms with Crippen LogP contribution in [0.2, 0.25) is 0 Å². The van der Waals surface area contributed by atoms with Gasteiger partial charge in [0.05, 0.1) is 0 Å². The Morgan fingerprint density at radius 3 is 1.75 bits per heavy atom. The summed E-state index contributed by atoms with van der Waals surface area (Å²) in [5, 5.41) is 3.91. The van der Waals surface area contributed by atoms with Crippen LogP contribution in [-0.4, -0.2) is 19.9 Å². The number of hydrogen-bond donors (Lipinski definition) is 0. The Morgan fingerprint density at radius 1 is 0.321 bits per heavy atom. The highest BCUT2D eigenvalue weighted by Crippen LogP contribution is 2.40. The standard InChI is InChI=1S/C46H26N4O3/c1-3-10-27(11-4-1)28-18-20-30(21-19-28)46-47-36-25-35-40(26-41(36)53-46)52-38-17-9-15-34(42(35)38)45-49-43(29-12-5-2-6-13-29)48-44(50-45)31-22-23-33-32-14-7-8-16-37(32)51-39(33)24-31/h1-26H. The number of hydrogen-bond acceptors (Lipinski definition) is 7. The zero-order valence-electron chi connectivity index (χ0n) is 28.0. The molecule has 11 aromatic rings. The summed E-state index contributed by atoms with van der Waals surface area (Å²) in [7, 11) is 0. The first-order valence-electron chi connectivity index (χ1n) is 17.4. The highest BCUT2D eigenvalue weighted by molar-refractivity contribution is 6.14. The van der Waals surface area contributed by atoms with Gasteiger partial charge in [0, 0.05) is 49.9 Å². The van der Waals surface area contributed by atoms with Crippen molar-refractivity contribution in [1.82, 2.24) is 19.9 Å². The fourth-order valence-electron chi connectivity index (χ4n) is 7.20. The first-order chi connectivity index (χ1) is 26.2. The number of para-hydroxylation sites is 1. The molecule has 0 N–H and O–H groups in total. The molecule has 0 amide bonds. The van der Waals surface area contributed by atoms with Crippen molar-refractivity contribution in [2.24, 2.45) is 0 Å². The van der Waals surface area contributed by atoms with E-state index in [2.05, 4.69) is 36.4 Å². The lowest BCUT2D eigenvalue weighted by Crippen LogP contribution is -2.00. The van der Waals surface area contributed by atoms with Crippen LogP contribution in [0.4, 0.5) is 0 Å². The van der Waals surface area contributed by atoms with Crippen molar-refractivity contribution < 1.29 is 13.3 Å². The molecule has 0 spiro atoms. The van der Waals surface area contributed by atoms with Crippen LogP contribution < -0.4 is 0 Å². The minimum Gasteiger partial charge on any atom is -0.456 e. The lowest BCUT2D eigenvalue weighted by molar-refractivity contribution is 0.617. The van der Waals surface area contributed by atoms with Crippen LogP contribution in [0.5, 0.6) is 0 Å². The van der Waals surface area contributed by atoms with Crippen molar-refractivity contribution in [3.8, 4) is 56.7 Å². The van der Waals surface area contributed by atoms with Crippen molar-refractivity contribution in [2.75, 3.05) is 0 Å². The van der Waals surface area contributed by atoms with E-state index in [4.69, 9.17) is 33.2 Å². The Balaban J connectivity index is 1.05. The number of furan rings is 2. The molecule has 4 aromatic heterocycles. The van der Waals surface area contributed by atoms with Gasteiger partial charge in [0.15, 0.2) is 23.1 Å². The lowest BCUT2D eigenvalue weighted by atomic mass is 10.0. The van der Waals surface area contributed by atoms with E-state index >= 15 is 0 Å². The van der Waals surface area contributed by atoms with Gasteiger partial charge in [-0.1, -0.05) is 109 Å². The van der Waals surface area contributed by atoms with E-state index in [0.717, 1.165) is 71.6 Å².